The fourth-order valence-electron chi connectivity index (χ4n) is 1.71. The maximum absolute atomic E-state index is 12.2. The van der Waals surface area contributed by atoms with Crippen LogP contribution in [0.4, 0.5) is 0 Å². The number of rotatable bonds is 7. The third-order valence-corrected chi connectivity index (χ3v) is 5.35. The molecule has 5 nitrogen and oxygen atoms in total. The molecule has 0 aliphatic rings. The Morgan fingerprint density at radius 1 is 1.29 bits per heavy atom. The van der Waals surface area contributed by atoms with Crippen LogP contribution in [0.1, 0.15) is 10.4 Å². The number of amidine groups is 1. The summed E-state index contributed by atoms with van der Waals surface area (Å²) in [5.74, 6) is -0.249. The van der Waals surface area contributed by atoms with Crippen LogP contribution in [0.5, 0.6) is 0 Å². The maximum atomic E-state index is 12.2. The molecule has 0 saturated carbocycles. The molecule has 7 heteroatoms. The van der Waals surface area contributed by atoms with Gasteiger partial charge in [0.15, 0.2) is 9.84 Å². The Labute approximate surface area is 127 Å². The van der Waals surface area contributed by atoms with Gasteiger partial charge < -0.3 is 10.5 Å². The van der Waals surface area contributed by atoms with Gasteiger partial charge in [0.25, 0.3) is 0 Å². The van der Waals surface area contributed by atoms with E-state index in [1.807, 2.05) is 17.5 Å². The number of hydrogen-bond acceptors (Lipinski definition) is 5. The predicted octanol–water partition coefficient (Wildman–Crippen LogP) is 2.02. The topological polar surface area (TPSA) is 93.2 Å². The zero-order valence-electron chi connectivity index (χ0n) is 11.3. The number of sulfone groups is 1. The van der Waals surface area contributed by atoms with Crippen molar-refractivity contribution in [2.45, 2.75) is 11.5 Å². The van der Waals surface area contributed by atoms with E-state index in [-0.39, 0.29) is 23.1 Å². The molecule has 0 atom stereocenters. The van der Waals surface area contributed by atoms with Gasteiger partial charge in [0.2, 0.25) is 0 Å². The van der Waals surface area contributed by atoms with Gasteiger partial charge in [-0.3, -0.25) is 5.41 Å². The quantitative estimate of drug-likeness (QED) is 0.463. The second kappa shape index (κ2) is 6.84. The highest BCUT2D eigenvalue weighted by Gasteiger charge is 2.15. The summed E-state index contributed by atoms with van der Waals surface area (Å²) >= 11 is 1.57. The van der Waals surface area contributed by atoms with Gasteiger partial charge in [0.1, 0.15) is 5.84 Å². The first-order valence-corrected chi connectivity index (χ1v) is 8.79. The second-order valence-electron chi connectivity index (χ2n) is 4.39. The molecule has 0 radical (unpaired) electrons. The zero-order chi connectivity index (χ0) is 15.3. The molecule has 2 rings (SSSR count). The van der Waals surface area contributed by atoms with E-state index in [2.05, 4.69) is 0 Å². The fraction of sp³-hybridized carbons (Fsp3) is 0.214. The molecule has 0 spiro atoms. The number of nitrogens with two attached hydrogens (primary N) is 1. The molecule has 2 aromatic rings. The van der Waals surface area contributed by atoms with E-state index in [1.165, 1.54) is 12.1 Å². The van der Waals surface area contributed by atoms with E-state index in [1.54, 1.807) is 23.5 Å². The van der Waals surface area contributed by atoms with Crippen molar-refractivity contribution >= 4 is 27.0 Å². The highest BCUT2D eigenvalue weighted by molar-refractivity contribution is 7.91. The third kappa shape index (κ3) is 4.38. The Bertz CT molecular complexity index is 710. The maximum Gasteiger partial charge on any atom is 0.180 e. The molecular weight excluding hydrogens is 308 g/mol. The van der Waals surface area contributed by atoms with Crippen LogP contribution < -0.4 is 5.73 Å². The molecule has 0 unspecified atom stereocenters. The Morgan fingerprint density at radius 3 is 2.76 bits per heavy atom. The van der Waals surface area contributed by atoms with E-state index in [4.69, 9.17) is 15.9 Å². The molecule has 0 amide bonds. The molecule has 1 aromatic heterocycles. The summed E-state index contributed by atoms with van der Waals surface area (Å²) in [6, 6.07) is 9.96. The van der Waals surface area contributed by atoms with E-state index in [9.17, 15) is 8.42 Å². The van der Waals surface area contributed by atoms with Gasteiger partial charge in [0, 0.05) is 10.4 Å². The number of nitrogen functional groups attached to an aromatic ring is 1. The lowest BCUT2D eigenvalue weighted by molar-refractivity contribution is 0.137. The van der Waals surface area contributed by atoms with Crippen LogP contribution in [0.25, 0.3) is 0 Å². The van der Waals surface area contributed by atoms with E-state index in [0.717, 1.165) is 4.88 Å². The monoisotopic (exact) mass is 324 g/mol. The van der Waals surface area contributed by atoms with Crippen LogP contribution in [-0.4, -0.2) is 26.6 Å². The third-order valence-electron chi connectivity index (χ3n) is 2.82. The highest BCUT2D eigenvalue weighted by Crippen LogP contribution is 2.14. The Balaban J connectivity index is 1.95. The van der Waals surface area contributed by atoms with Crippen molar-refractivity contribution in [1.82, 2.24) is 0 Å². The number of hydrogen-bond donors (Lipinski definition) is 2. The lowest BCUT2D eigenvalue weighted by Crippen LogP contribution is -2.15. The minimum Gasteiger partial charge on any atom is -0.384 e. The van der Waals surface area contributed by atoms with Crippen LogP contribution in [0.2, 0.25) is 0 Å². The minimum atomic E-state index is -3.43. The van der Waals surface area contributed by atoms with Crippen LogP contribution in [0.15, 0.2) is 46.7 Å². The smallest absolute Gasteiger partial charge is 0.180 e. The molecule has 0 bridgehead atoms. The SMILES string of the molecule is N=C(N)c1cccc(S(=O)(=O)CCOCc2cccs2)c1. The van der Waals surface area contributed by atoms with Crippen molar-refractivity contribution in [3.63, 3.8) is 0 Å². The largest absolute Gasteiger partial charge is 0.384 e. The van der Waals surface area contributed by atoms with Crippen LogP contribution >= 0.6 is 11.3 Å². The number of benzene rings is 1. The average Bonchev–Trinajstić information content (AvgIpc) is 2.97. The van der Waals surface area contributed by atoms with Crippen LogP contribution in [-0.2, 0) is 21.2 Å². The van der Waals surface area contributed by atoms with E-state index in [0.29, 0.717) is 12.2 Å². The van der Waals surface area contributed by atoms with Gasteiger partial charge in [-0.15, -0.1) is 11.3 Å². The first-order chi connectivity index (χ1) is 9.99. The second-order valence-corrected chi connectivity index (χ2v) is 7.53. The van der Waals surface area contributed by atoms with Crippen molar-refractivity contribution in [3.05, 3.63) is 52.2 Å². The first-order valence-electron chi connectivity index (χ1n) is 6.26. The molecule has 21 heavy (non-hydrogen) atoms. The van der Waals surface area contributed by atoms with Gasteiger partial charge in [-0.25, -0.2) is 8.42 Å². The summed E-state index contributed by atoms with van der Waals surface area (Å²) in [7, 11) is -3.43. The number of thiophene rings is 1. The van der Waals surface area contributed by atoms with Crippen LogP contribution in [0, 0.1) is 5.41 Å². The molecule has 1 heterocycles. The zero-order valence-corrected chi connectivity index (χ0v) is 12.9. The van der Waals surface area contributed by atoms with Crippen molar-refractivity contribution in [2.24, 2.45) is 5.73 Å². The predicted molar refractivity (Wildman–Crippen MR) is 83.5 cm³/mol. The van der Waals surface area contributed by atoms with Gasteiger partial charge in [-0.05, 0) is 23.6 Å². The number of nitrogens with one attached hydrogen (secondary N) is 1. The molecule has 0 aliphatic heterocycles. The summed E-state index contributed by atoms with van der Waals surface area (Å²) in [5.41, 5.74) is 5.77. The van der Waals surface area contributed by atoms with Crippen molar-refractivity contribution in [1.29, 1.82) is 5.41 Å². The summed E-state index contributed by atoms with van der Waals surface area (Å²) in [5, 5.41) is 9.29. The molecule has 3 N–H and O–H groups in total. The molecule has 0 saturated heterocycles. The fourth-order valence-corrected chi connectivity index (χ4v) is 3.52. The molecule has 0 aliphatic carbocycles. The van der Waals surface area contributed by atoms with E-state index < -0.39 is 9.84 Å². The summed E-state index contributed by atoms with van der Waals surface area (Å²) in [6.45, 7) is 0.547. The molecule has 1 aromatic carbocycles. The van der Waals surface area contributed by atoms with Gasteiger partial charge in [-0.1, -0.05) is 18.2 Å². The summed E-state index contributed by atoms with van der Waals surface area (Å²) in [6.07, 6.45) is 0. The minimum absolute atomic E-state index is 0.0975. The summed E-state index contributed by atoms with van der Waals surface area (Å²) < 4.78 is 29.7. The van der Waals surface area contributed by atoms with Gasteiger partial charge in [0.05, 0.1) is 23.9 Å². The van der Waals surface area contributed by atoms with Crippen molar-refractivity contribution in [2.75, 3.05) is 12.4 Å². The van der Waals surface area contributed by atoms with Gasteiger partial charge >= 0.3 is 0 Å². The van der Waals surface area contributed by atoms with Gasteiger partial charge in [-0.2, -0.15) is 0 Å². The Morgan fingerprint density at radius 2 is 2.10 bits per heavy atom. The van der Waals surface area contributed by atoms with E-state index >= 15 is 0 Å². The average molecular weight is 324 g/mol. The lowest BCUT2D eigenvalue weighted by Gasteiger charge is -2.07. The van der Waals surface area contributed by atoms with Crippen molar-refractivity contribution < 1.29 is 13.2 Å². The standard InChI is InChI=1S/C14H16N2O3S2/c15-14(16)11-3-1-5-13(9-11)21(17,18)8-6-19-10-12-4-2-7-20-12/h1-5,7,9H,6,8,10H2,(H3,15,16). The Kier molecular flexibility index (Phi) is 5.11. The lowest BCUT2D eigenvalue weighted by atomic mass is 10.2. The normalized spacial score (nSPS) is 11.4. The Hall–Kier alpha value is -1.70. The summed E-state index contributed by atoms with van der Waals surface area (Å²) in [4.78, 5) is 1.22. The molecule has 112 valence electrons. The number of ether oxygens (including phenoxy) is 1. The highest BCUT2D eigenvalue weighted by atomic mass is 32.2. The molecule has 0 fully saturated rings. The first kappa shape index (κ1) is 15.7. The van der Waals surface area contributed by atoms with Crippen molar-refractivity contribution in [3.8, 4) is 0 Å². The van der Waals surface area contributed by atoms with Crippen LogP contribution in [0.3, 0.4) is 0 Å². The molecular formula is C14H16N2O3S2.